The molecule has 0 amide bonds. The summed E-state index contributed by atoms with van der Waals surface area (Å²) in [7, 11) is 0. The first-order valence-electron chi connectivity index (χ1n) is 9.61. The monoisotopic (exact) mass is 371 g/mol. The normalized spacial score (nSPS) is 19.3. The minimum Gasteiger partial charge on any atom is -0.481 e. The lowest BCUT2D eigenvalue weighted by Crippen LogP contribution is -2.11. The fourth-order valence-corrected chi connectivity index (χ4v) is 4.31. The fraction of sp³-hybridized carbons (Fsp3) is 0.217. The van der Waals surface area contributed by atoms with E-state index in [2.05, 4.69) is 63.1 Å². The second-order valence-corrected chi connectivity index (χ2v) is 7.55. The van der Waals surface area contributed by atoms with Crippen LogP contribution in [0.1, 0.15) is 25.3 Å². The van der Waals surface area contributed by atoms with Crippen LogP contribution in [0.15, 0.2) is 67.3 Å². The van der Waals surface area contributed by atoms with Crippen LogP contribution in [0.25, 0.3) is 33.3 Å². The van der Waals surface area contributed by atoms with Crippen LogP contribution in [0.4, 0.5) is 0 Å². The number of hydrogen-bond acceptors (Lipinski definition) is 2. The summed E-state index contributed by atoms with van der Waals surface area (Å²) in [4.78, 5) is 18.9. The number of carboxylic acid groups (broad SMARTS) is 1. The highest BCUT2D eigenvalue weighted by Crippen LogP contribution is 2.37. The summed E-state index contributed by atoms with van der Waals surface area (Å²) >= 11 is 0. The predicted octanol–water partition coefficient (Wildman–Crippen LogP) is 5.12. The van der Waals surface area contributed by atoms with Gasteiger partial charge in [0.05, 0.1) is 24.1 Å². The van der Waals surface area contributed by atoms with Gasteiger partial charge in [-0.3, -0.25) is 4.79 Å². The van der Waals surface area contributed by atoms with Gasteiger partial charge in [0.15, 0.2) is 0 Å². The number of carbonyl (C=O) groups is 1. The van der Waals surface area contributed by atoms with E-state index in [0.29, 0.717) is 6.42 Å². The van der Waals surface area contributed by atoms with Crippen LogP contribution < -0.4 is 0 Å². The average molecular weight is 371 g/mol. The number of hydrogen-bond donors (Lipinski definition) is 2. The van der Waals surface area contributed by atoms with Gasteiger partial charge in [-0.15, -0.1) is 0 Å². The third kappa shape index (κ3) is 2.89. The van der Waals surface area contributed by atoms with Gasteiger partial charge < -0.3 is 14.7 Å². The molecule has 0 saturated heterocycles. The molecule has 1 aliphatic rings. The largest absolute Gasteiger partial charge is 0.481 e. The summed E-state index contributed by atoms with van der Waals surface area (Å²) in [6, 6.07) is 17.2. The van der Waals surface area contributed by atoms with Gasteiger partial charge in [-0.05, 0) is 53.5 Å². The molecule has 2 aromatic carbocycles. The van der Waals surface area contributed by atoms with Crippen molar-refractivity contribution in [3.8, 4) is 22.4 Å². The van der Waals surface area contributed by atoms with Crippen molar-refractivity contribution < 1.29 is 9.90 Å². The first kappa shape index (κ1) is 16.8. The molecule has 1 aliphatic carbocycles. The molecule has 5 rings (SSSR count). The van der Waals surface area contributed by atoms with Crippen molar-refractivity contribution in [1.29, 1.82) is 0 Å². The molecule has 4 aromatic rings. The molecule has 2 N–H and O–H groups in total. The highest BCUT2D eigenvalue weighted by atomic mass is 16.4. The fourth-order valence-electron chi connectivity index (χ4n) is 4.31. The van der Waals surface area contributed by atoms with E-state index in [0.717, 1.165) is 35.2 Å². The molecule has 2 aromatic heterocycles. The Balaban J connectivity index is 1.42. The number of rotatable bonds is 4. The first-order chi connectivity index (χ1) is 13.7. The Morgan fingerprint density at radius 2 is 1.82 bits per heavy atom. The van der Waals surface area contributed by atoms with Gasteiger partial charge in [0.25, 0.3) is 0 Å². The molecular formula is C23H21N3O2. The van der Waals surface area contributed by atoms with Crippen molar-refractivity contribution >= 4 is 16.9 Å². The van der Waals surface area contributed by atoms with Crippen molar-refractivity contribution in [3.05, 3.63) is 67.3 Å². The lowest BCUT2D eigenvalue weighted by molar-refractivity contribution is -0.141. The molecule has 5 heteroatoms. The molecule has 2 heterocycles. The summed E-state index contributed by atoms with van der Waals surface area (Å²) in [6.45, 7) is 0. The van der Waals surface area contributed by atoms with Gasteiger partial charge >= 0.3 is 5.97 Å². The average Bonchev–Trinajstić information content (AvgIpc) is 3.47. The molecule has 1 fully saturated rings. The van der Waals surface area contributed by atoms with Crippen LogP contribution in [0, 0.1) is 5.92 Å². The molecular weight excluding hydrogens is 350 g/mol. The number of carboxylic acids is 1. The van der Waals surface area contributed by atoms with Gasteiger partial charge in [0.1, 0.15) is 0 Å². The Morgan fingerprint density at radius 1 is 1.04 bits per heavy atom. The molecule has 140 valence electrons. The molecule has 0 spiro atoms. The molecule has 0 unspecified atom stereocenters. The quantitative estimate of drug-likeness (QED) is 0.523. The van der Waals surface area contributed by atoms with Gasteiger partial charge in [-0.25, -0.2) is 4.98 Å². The number of fused-ring (bicyclic) bond motifs is 1. The molecule has 28 heavy (non-hydrogen) atoms. The van der Waals surface area contributed by atoms with Crippen LogP contribution >= 0.6 is 0 Å². The predicted molar refractivity (Wildman–Crippen MR) is 109 cm³/mol. The number of nitrogens with zero attached hydrogens (tertiary/aromatic N) is 2. The lowest BCUT2D eigenvalue weighted by atomic mass is 10.0. The topological polar surface area (TPSA) is 70.9 Å². The molecule has 0 radical (unpaired) electrons. The minimum atomic E-state index is -0.687. The number of imidazole rings is 1. The smallest absolute Gasteiger partial charge is 0.306 e. The summed E-state index contributed by atoms with van der Waals surface area (Å²) in [5, 5.41) is 10.5. The van der Waals surface area contributed by atoms with E-state index in [1.165, 1.54) is 10.9 Å². The van der Waals surface area contributed by atoms with E-state index in [9.17, 15) is 9.90 Å². The second-order valence-electron chi connectivity index (χ2n) is 7.55. The summed E-state index contributed by atoms with van der Waals surface area (Å²) in [5.41, 5.74) is 5.62. The highest BCUT2D eigenvalue weighted by Gasteiger charge is 2.31. The number of benzene rings is 2. The van der Waals surface area contributed by atoms with E-state index in [1.54, 1.807) is 0 Å². The number of nitrogens with one attached hydrogen (secondary N) is 1. The van der Waals surface area contributed by atoms with E-state index >= 15 is 0 Å². The van der Waals surface area contributed by atoms with E-state index in [-0.39, 0.29) is 12.0 Å². The van der Waals surface area contributed by atoms with E-state index in [1.807, 2.05) is 18.7 Å². The van der Waals surface area contributed by atoms with Crippen molar-refractivity contribution in [2.24, 2.45) is 5.92 Å². The second kappa shape index (κ2) is 6.68. The zero-order valence-corrected chi connectivity index (χ0v) is 15.4. The van der Waals surface area contributed by atoms with E-state index in [4.69, 9.17) is 0 Å². The van der Waals surface area contributed by atoms with Crippen LogP contribution in [0.5, 0.6) is 0 Å². The third-order valence-corrected chi connectivity index (χ3v) is 5.88. The Kier molecular flexibility index (Phi) is 4.01. The highest BCUT2D eigenvalue weighted by molar-refractivity contribution is 5.85. The van der Waals surface area contributed by atoms with Crippen LogP contribution in [-0.4, -0.2) is 25.6 Å². The Labute approximate surface area is 162 Å². The molecule has 0 bridgehead atoms. The molecule has 1 saturated carbocycles. The van der Waals surface area contributed by atoms with Gasteiger partial charge in [-0.2, -0.15) is 0 Å². The first-order valence-corrected chi connectivity index (χ1v) is 9.61. The summed E-state index contributed by atoms with van der Waals surface area (Å²) in [6.07, 6.45) is 7.95. The number of aliphatic carboxylic acids is 1. The van der Waals surface area contributed by atoms with Gasteiger partial charge in [-0.1, -0.05) is 36.4 Å². The van der Waals surface area contributed by atoms with Crippen LogP contribution in [-0.2, 0) is 4.79 Å². The molecule has 5 nitrogen and oxygen atoms in total. The Bertz CT molecular complexity index is 1140. The molecule has 0 aliphatic heterocycles. The SMILES string of the molecule is O=C(O)[C@H]1CC[C@@H](n2cncc2-c2ccc(-c3ccc4cc[nH]c4c3)cc2)C1. The summed E-state index contributed by atoms with van der Waals surface area (Å²) < 4.78 is 2.14. The Morgan fingerprint density at radius 3 is 2.61 bits per heavy atom. The zero-order valence-electron chi connectivity index (χ0n) is 15.4. The van der Waals surface area contributed by atoms with Crippen molar-refractivity contribution in [2.75, 3.05) is 0 Å². The van der Waals surface area contributed by atoms with E-state index < -0.39 is 5.97 Å². The number of H-pyrrole nitrogens is 1. The maximum absolute atomic E-state index is 11.3. The van der Waals surface area contributed by atoms with Crippen LogP contribution in [0.2, 0.25) is 0 Å². The lowest BCUT2D eigenvalue weighted by Gasteiger charge is -2.16. The Hall–Kier alpha value is -3.34. The zero-order chi connectivity index (χ0) is 19.1. The van der Waals surface area contributed by atoms with Gasteiger partial charge in [0.2, 0.25) is 0 Å². The third-order valence-electron chi connectivity index (χ3n) is 5.88. The van der Waals surface area contributed by atoms with Crippen molar-refractivity contribution in [3.63, 3.8) is 0 Å². The number of aromatic amines is 1. The van der Waals surface area contributed by atoms with Crippen molar-refractivity contribution in [2.45, 2.75) is 25.3 Å². The number of aromatic nitrogens is 3. The summed E-state index contributed by atoms with van der Waals surface area (Å²) in [5.74, 6) is -0.932. The maximum atomic E-state index is 11.3. The standard InChI is InChI=1S/C23H21N3O2/c27-23(28)19-7-8-20(11-19)26-14-24-13-22(26)17-4-1-15(2-5-17)18-6-3-16-9-10-25-21(16)12-18/h1-6,9-10,12-14,19-20,25H,7-8,11H2,(H,27,28)/t19-,20+/m0/s1. The molecule has 2 atom stereocenters. The minimum absolute atomic E-state index is 0.202. The van der Waals surface area contributed by atoms with Gasteiger partial charge in [0, 0.05) is 17.8 Å². The maximum Gasteiger partial charge on any atom is 0.306 e. The van der Waals surface area contributed by atoms with Crippen LogP contribution in [0.3, 0.4) is 0 Å². The van der Waals surface area contributed by atoms with Crippen molar-refractivity contribution in [1.82, 2.24) is 14.5 Å².